The Balaban J connectivity index is 1.29. The van der Waals surface area contributed by atoms with E-state index in [1.165, 1.54) is 23.1 Å². The fourth-order valence-electron chi connectivity index (χ4n) is 4.23. The van der Waals surface area contributed by atoms with Crippen LogP contribution in [0.4, 0.5) is 0 Å². The van der Waals surface area contributed by atoms with E-state index in [-0.39, 0.29) is 30.6 Å². The van der Waals surface area contributed by atoms with Crippen LogP contribution in [0, 0.1) is 5.92 Å². The average Bonchev–Trinajstić information content (AvgIpc) is 3.11. The summed E-state index contributed by atoms with van der Waals surface area (Å²) in [6.45, 7) is 1.87. The summed E-state index contributed by atoms with van der Waals surface area (Å²) in [5, 5.41) is 16.8. The molecule has 1 fully saturated rings. The van der Waals surface area contributed by atoms with Gasteiger partial charge < -0.3 is 15.3 Å². The van der Waals surface area contributed by atoms with Crippen LogP contribution in [0.25, 0.3) is 0 Å². The van der Waals surface area contributed by atoms with Gasteiger partial charge in [0.15, 0.2) is 5.69 Å². The van der Waals surface area contributed by atoms with Crippen molar-refractivity contribution in [1.29, 1.82) is 0 Å². The van der Waals surface area contributed by atoms with Crippen molar-refractivity contribution in [3.63, 3.8) is 0 Å². The molecular weight excluding hydrogens is 368 g/mol. The molecule has 7 nitrogen and oxygen atoms in total. The molecule has 0 aliphatic carbocycles. The Morgan fingerprint density at radius 2 is 1.97 bits per heavy atom. The maximum atomic E-state index is 12.9. The molecule has 1 saturated heterocycles. The third-order valence-electron chi connectivity index (χ3n) is 5.94. The Hall–Kier alpha value is -2.67. The van der Waals surface area contributed by atoms with Gasteiger partial charge in [-0.3, -0.25) is 14.3 Å². The lowest BCUT2D eigenvalue weighted by Gasteiger charge is -2.31. The number of aliphatic hydroxyl groups is 1. The standard InChI is InChI=1S/C22H28N4O3/c27-18-14-23-21(28)20-13-19(24-26(20)15-18)22(29)25-11-9-17(10-12-25)8-4-7-16-5-2-1-3-6-16/h1-3,5-6,13,17-18,27H,4,7-12,14-15H2,(H,23,28)/t18-/m1/s1. The number of aryl methyl sites for hydroxylation is 1. The molecule has 1 atom stereocenters. The van der Waals surface area contributed by atoms with E-state index < -0.39 is 6.10 Å². The summed E-state index contributed by atoms with van der Waals surface area (Å²) >= 11 is 0. The van der Waals surface area contributed by atoms with E-state index in [1.807, 2.05) is 11.0 Å². The maximum Gasteiger partial charge on any atom is 0.274 e. The van der Waals surface area contributed by atoms with Crippen molar-refractivity contribution in [3.8, 4) is 0 Å². The van der Waals surface area contributed by atoms with Crippen LogP contribution in [0.1, 0.15) is 52.2 Å². The number of aromatic nitrogens is 2. The number of rotatable bonds is 5. The predicted octanol–water partition coefficient (Wildman–Crippen LogP) is 1.86. The lowest BCUT2D eigenvalue weighted by molar-refractivity contribution is 0.0678. The van der Waals surface area contributed by atoms with Crippen LogP contribution in [0.15, 0.2) is 36.4 Å². The van der Waals surface area contributed by atoms with E-state index in [4.69, 9.17) is 0 Å². The third kappa shape index (κ3) is 4.67. The number of hydrogen-bond donors (Lipinski definition) is 2. The number of piperidine rings is 1. The molecule has 0 bridgehead atoms. The van der Waals surface area contributed by atoms with Crippen LogP contribution in [0.5, 0.6) is 0 Å². The van der Waals surface area contributed by atoms with Crippen molar-refractivity contribution in [2.24, 2.45) is 5.92 Å². The molecule has 3 heterocycles. The van der Waals surface area contributed by atoms with E-state index in [2.05, 4.69) is 34.7 Å². The first-order valence-electron chi connectivity index (χ1n) is 10.5. The summed E-state index contributed by atoms with van der Waals surface area (Å²) in [4.78, 5) is 26.8. The number of β-amino-alcohol motifs (C(OH)–C–C–N with tert-alkyl or cyclic N) is 1. The molecule has 4 rings (SSSR count). The van der Waals surface area contributed by atoms with Crippen LogP contribution in [-0.4, -0.2) is 57.3 Å². The zero-order chi connectivity index (χ0) is 20.2. The Morgan fingerprint density at radius 1 is 1.21 bits per heavy atom. The molecular formula is C22H28N4O3. The molecule has 2 N–H and O–H groups in total. The van der Waals surface area contributed by atoms with Crippen molar-refractivity contribution < 1.29 is 14.7 Å². The average molecular weight is 396 g/mol. The van der Waals surface area contributed by atoms with E-state index in [0.717, 1.165) is 32.4 Å². The van der Waals surface area contributed by atoms with E-state index >= 15 is 0 Å². The van der Waals surface area contributed by atoms with Gasteiger partial charge in [0.25, 0.3) is 11.8 Å². The summed E-state index contributed by atoms with van der Waals surface area (Å²) in [5.41, 5.74) is 2.00. The van der Waals surface area contributed by atoms with Gasteiger partial charge in [0.1, 0.15) is 5.69 Å². The van der Waals surface area contributed by atoms with Crippen LogP contribution in [0.3, 0.4) is 0 Å². The number of fused-ring (bicyclic) bond motifs is 1. The lowest BCUT2D eigenvalue weighted by atomic mass is 9.90. The van der Waals surface area contributed by atoms with Gasteiger partial charge in [-0.1, -0.05) is 30.3 Å². The van der Waals surface area contributed by atoms with Gasteiger partial charge in [-0.05, 0) is 43.6 Å². The van der Waals surface area contributed by atoms with E-state index in [9.17, 15) is 14.7 Å². The third-order valence-corrected chi connectivity index (χ3v) is 5.94. The first-order valence-corrected chi connectivity index (χ1v) is 10.5. The number of nitrogens with one attached hydrogen (secondary N) is 1. The highest BCUT2D eigenvalue weighted by Gasteiger charge is 2.28. The summed E-state index contributed by atoms with van der Waals surface area (Å²) in [7, 11) is 0. The minimum atomic E-state index is -0.699. The Morgan fingerprint density at radius 3 is 2.72 bits per heavy atom. The summed E-state index contributed by atoms with van der Waals surface area (Å²) < 4.78 is 1.44. The van der Waals surface area contributed by atoms with Gasteiger partial charge in [-0.15, -0.1) is 0 Å². The first kappa shape index (κ1) is 19.6. The fraction of sp³-hybridized carbons (Fsp3) is 0.500. The molecule has 0 saturated carbocycles. The molecule has 2 amide bonds. The van der Waals surface area contributed by atoms with Gasteiger partial charge in [-0.2, -0.15) is 5.10 Å². The zero-order valence-corrected chi connectivity index (χ0v) is 16.6. The minimum Gasteiger partial charge on any atom is -0.389 e. The van der Waals surface area contributed by atoms with Crippen LogP contribution >= 0.6 is 0 Å². The van der Waals surface area contributed by atoms with Gasteiger partial charge in [-0.25, -0.2) is 0 Å². The van der Waals surface area contributed by atoms with Crippen molar-refractivity contribution in [2.45, 2.75) is 44.8 Å². The number of amides is 2. The second kappa shape index (κ2) is 8.78. The quantitative estimate of drug-likeness (QED) is 0.808. The number of nitrogens with zero attached hydrogens (tertiary/aromatic N) is 3. The molecule has 0 radical (unpaired) electrons. The molecule has 1 aromatic carbocycles. The largest absolute Gasteiger partial charge is 0.389 e. The number of hydrogen-bond acceptors (Lipinski definition) is 4. The summed E-state index contributed by atoms with van der Waals surface area (Å²) in [6.07, 6.45) is 4.78. The highest BCUT2D eigenvalue weighted by atomic mass is 16.3. The van der Waals surface area contributed by atoms with Crippen LogP contribution in [0.2, 0.25) is 0 Å². The molecule has 29 heavy (non-hydrogen) atoms. The van der Waals surface area contributed by atoms with Crippen molar-refractivity contribution in [2.75, 3.05) is 19.6 Å². The summed E-state index contributed by atoms with van der Waals surface area (Å²) in [6, 6.07) is 12.1. The SMILES string of the molecule is O=C1NC[C@@H](O)Cn2nc(C(=O)N3CCC(CCCc4ccccc4)CC3)cc21. The highest BCUT2D eigenvalue weighted by Crippen LogP contribution is 2.24. The Labute approximate surface area is 170 Å². The van der Waals surface area contributed by atoms with Gasteiger partial charge in [0.05, 0.1) is 12.6 Å². The molecule has 0 spiro atoms. The monoisotopic (exact) mass is 396 g/mol. The molecule has 2 aliphatic rings. The van der Waals surface area contributed by atoms with Crippen molar-refractivity contribution in [3.05, 3.63) is 53.3 Å². The summed E-state index contributed by atoms with van der Waals surface area (Å²) in [5.74, 6) is 0.225. The lowest BCUT2D eigenvalue weighted by Crippen LogP contribution is -2.38. The number of likely N-dealkylation sites (tertiary alicyclic amines) is 1. The van der Waals surface area contributed by atoms with Crippen molar-refractivity contribution in [1.82, 2.24) is 20.0 Å². The molecule has 7 heteroatoms. The second-order valence-corrected chi connectivity index (χ2v) is 8.07. The maximum absolute atomic E-state index is 12.9. The van der Waals surface area contributed by atoms with Gasteiger partial charge in [0, 0.05) is 25.7 Å². The van der Waals surface area contributed by atoms with E-state index in [0.29, 0.717) is 11.6 Å². The molecule has 0 unspecified atom stereocenters. The minimum absolute atomic E-state index is 0.129. The first-order chi connectivity index (χ1) is 14.1. The van der Waals surface area contributed by atoms with E-state index in [1.54, 1.807) is 6.07 Å². The zero-order valence-electron chi connectivity index (χ0n) is 16.6. The van der Waals surface area contributed by atoms with Crippen molar-refractivity contribution >= 4 is 11.8 Å². The van der Waals surface area contributed by atoms with Crippen LogP contribution in [-0.2, 0) is 13.0 Å². The molecule has 2 aromatic rings. The smallest absolute Gasteiger partial charge is 0.274 e. The topological polar surface area (TPSA) is 87.5 Å². The predicted molar refractivity (Wildman–Crippen MR) is 109 cm³/mol. The number of aliphatic hydroxyl groups excluding tert-OH is 1. The number of carbonyl (C=O) groups excluding carboxylic acids is 2. The number of benzene rings is 1. The fourth-order valence-corrected chi connectivity index (χ4v) is 4.23. The molecule has 1 aromatic heterocycles. The Kier molecular flexibility index (Phi) is 5.94. The second-order valence-electron chi connectivity index (χ2n) is 8.07. The Bertz CT molecular complexity index is 856. The molecule has 2 aliphatic heterocycles. The van der Waals surface area contributed by atoms with Gasteiger partial charge >= 0.3 is 0 Å². The van der Waals surface area contributed by atoms with Crippen LogP contribution < -0.4 is 5.32 Å². The number of carbonyl (C=O) groups is 2. The van der Waals surface area contributed by atoms with Gasteiger partial charge in [0.2, 0.25) is 0 Å². The highest BCUT2D eigenvalue weighted by molar-refractivity contribution is 5.98. The molecule has 154 valence electrons. The normalized spacial score (nSPS) is 20.1.